The lowest BCUT2D eigenvalue weighted by Crippen LogP contribution is -2.63. The summed E-state index contributed by atoms with van der Waals surface area (Å²) >= 11 is 0. The van der Waals surface area contributed by atoms with Crippen molar-refractivity contribution >= 4 is 28.2 Å². The second-order valence-corrected chi connectivity index (χ2v) is 6.99. The van der Waals surface area contributed by atoms with Gasteiger partial charge in [0.1, 0.15) is 11.3 Å². The molecule has 7 nitrogen and oxygen atoms in total. The average molecular weight is 364 g/mol. The van der Waals surface area contributed by atoms with Gasteiger partial charge in [-0.25, -0.2) is 13.6 Å². The van der Waals surface area contributed by atoms with Crippen LogP contribution in [0.2, 0.25) is 0 Å². The minimum absolute atomic E-state index is 0.139. The number of anilines is 2. The first-order chi connectivity index (χ1) is 12.2. The molecule has 1 aromatic heterocycles. The fourth-order valence-electron chi connectivity index (χ4n) is 3.53. The Labute approximate surface area is 146 Å². The first-order valence-corrected chi connectivity index (χ1v) is 8.34. The van der Waals surface area contributed by atoms with Crippen molar-refractivity contribution in [3.8, 4) is 0 Å². The van der Waals surface area contributed by atoms with Crippen LogP contribution in [0, 0.1) is 11.6 Å². The van der Waals surface area contributed by atoms with Gasteiger partial charge in [0.05, 0.1) is 16.6 Å². The monoisotopic (exact) mass is 364 g/mol. The molecule has 1 aliphatic heterocycles. The molecule has 2 atom stereocenters. The standard InChI is InChI=1S/C17H18F2N4O3/c1-6-9(20)5-22(6)15-11(18)13(21)10-14(12(15)19)23(7-2-3-7)4-8(16(10)24)17(25)26/h4,6-7,9H,2-3,5,20-21H2,1H3,(H,25,26). The molecule has 5 N–H and O–H groups in total. The molecule has 0 amide bonds. The van der Waals surface area contributed by atoms with Gasteiger partial charge in [0, 0.05) is 30.9 Å². The molecule has 2 aromatic rings. The molecule has 2 aliphatic rings. The van der Waals surface area contributed by atoms with Gasteiger partial charge in [0.25, 0.3) is 0 Å². The van der Waals surface area contributed by atoms with Gasteiger partial charge in [0.2, 0.25) is 5.43 Å². The molecule has 0 bridgehead atoms. The molecule has 1 aromatic carbocycles. The van der Waals surface area contributed by atoms with E-state index < -0.39 is 39.7 Å². The van der Waals surface area contributed by atoms with Crippen LogP contribution >= 0.6 is 0 Å². The molecular formula is C17H18F2N4O3. The molecule has 2 fully saturated rings. The van der Waals surface area contributed by atoms with Crippen molar-refractivity contribution < 1.29 is 18.7 Å². The Morgan fingerprint density at radius 3 is 2.46 bits per heavy atom. The van der Waals surface area contributed by atoms with Crippen LogP contribution in [-0.2, 0) is 0 Å². The van der Waals surface area contributed by atoms with Gasteiger partial charge >= 0.3 is 5.97 Å². The zero-order valence-corrected chi connectivity index (χ0v) is 14.0. The van der Waals surface area contributed by atoms with Crippen LogP contribution in [0.25, 0.3) is 10.9 Å². The largest absolute Gasteiger partial charge is 0.477 e. The van der Waals surface area contributed by atoms with Crippen molar-refractivity contribution in [2.75, 3.05) is 17.2 Å². The van der Waals surface area contributed by atoms with Gasteiger partial charge in [-0.3, -0.25) is 4.79 Å². The van der Waals surface area contributed by atoms with Gasteiger partial charge in [-0.05, 0) is 19.8 Å². The van der Waals surface area contributed by atoms with E-state index in [1.807, 2.05) is 0 Å². The van der Waals surface area contributed by atoms with Gasteiger partial charge in [-0.1, -0.05) is 0 Å². The van der Waals surface area contributed by atoms with E-state index in [9.17, 15) is 19.1 Å². The smallest absolute Gasteiger partial charge is 0.341 e. The number of nitrogens with two attached hydrogens (primary N) is 2. The summed E-state index contributed by atoms with van der Waals surface area (Å²) in [5.41, 5.74) is 9.12. The fraction of sp³-hybridized carbons (Fsp3) is 0.412. The summed E-state index contributed by atoms with van der Waals surface area (Å²) in [7, 11) is 0. The Morgan fingerprint density at radius 1 is 1.31 bits per heavy atom. The zero-order valence-electron chi connectivity index (χ0n) is 14.0. The van der Waals surface area contributed by atoms with E-state index in [0.29, 0.717) is 12.8 Å². The summed E-state index contributed by atoms with van der Waals surface area (Å²) in [5.74, 6) is -3.43. The number of halogens is 2. The lowest BCUT2D eigenvalue weighted by molar-refractivity contribution is 0.0695. The van der Waals surface area contributed by atoms with E-state index in [0.717, 1.165) is 6.20 Å². The molecule has 9 heteroatoms. The molecule has 2 unspecified atom stereocenters. The lowest BCUT2D eigenvalue weighted by atomic mass is 9.96. The van der Waals surface area contributed by atoms with E-state index in [2.05, 4.69) is 0 Å². The number of carboxylic acid groups (broad SMARTS) is 1. The molecule has 138 valence electrons. The number of aromatic carboxylic acids is 1. The number of aromatic nitrogens is 1. The normalized spacial score (nSPS) is 22.5. The molecule has 1 aliphatic carbocycles. The Kier molecular flexibility index (Phi) is 3.49. The molecule has 1 saturated carbocycles. The van der Waals surface area contributed by atoms with Gasteiger partial charge in [-0.2, -0.15) is 0 Å². The summed E-state index contributed by atoms with van der Waals surface area (Å²) in [6, 6.07) is -0.638. The maximum atomic E-state index is 15.4. The highest BCUT2D eigenvalue weighted by atomic mass is 19.1. The number of rotatable bonds is 3. The average Bonchev–Trinajstić information content (AvgIpc) is 3.43. The number of nitrogens with zero attached hydrogens (tertiary/aromatic N) is 2. The zero-order chi connectivity index (χ0) is 18.9. The molecule has 0 radical (unpaired) electrons. The van der Waals surface area contributed by atoms with Crippen LogP contribution < -0.4 is 21.8 Å². The quantitative estimate of drug-likeness (QED) is 0.710. The summed E-state index contributed by atoms with van der Waals surface area (Å²) in [5, 5.41) is 8.85. The third-order valence-electron chi connectivity index (χ3n) is 5.34. The highest BCUT2D eigenvalue weighted by Gasteiger charge is 2.39. The number of nitrogen functional groups attached to an aromatic ring is 1. The van der Waals surface area contributed by atoms with Crippen molar-refractivity contribution in [1.82, 2.24) is 4.57 Å². The third kappa shape index (κ3) is 2.13. The number of pyridine rings is 1. The highest BCUT2D eigenvalue weighted by Crippen LogP contribution is 2.42. The summed E-state index contributed by atoms with van der Waals surface area (Å²) in [4.78, 5) is 25.4. The van der Waals surface area contributed by atoms with E-state index in [-0.39, 0.29) is 35.9 Å². The van der Waals surface area contributed by atoms with Crippen LogP contribution in [0.5, 0.6) is 0 Å². The van der Waals surface area contributed by atoms with Crippen molar-refractivity contribution in [3.63, 3.8) is 0 Å². The maximum Gasteiger partial charge on any atom is 0.341 e. The van der Waals surface area contributed by atoms with Crippen molar-refractivity contribution in [2.45, 2.75) is 37.9 Å². The number of fused-ring (bicyclic) bond motifs is 1. The second-order valence-electron chi connectivity index (χ2n) is 6.99. The number of hydrogen-bond acceptors (Lipinski definition) is 5. The first kappa shape index (κ1) is 16.8. The summed E-state index contributed by atoms with van der Waals surface area (Å²) < 4.78 is 31.6. The minimum atomic E-state index is -1.46. The summed E-state index contributed by atoms with van der Waals surface area (Å²) in [6.07, 6.45) is 2.56. The van der Waals surface area contributed by atoms with Gasteiger partial charge in [-0.15, -0.1) is 0 Å². The first-order valence-electron chi connectivity index (χ1n) is 8.34. The lowest BCUT2D eigenvalue weighted by Gasteiger charge is -2.46. The Balaban J connectivity index is 2.10. The van der Waals surface area contributed by atoms with Gasteiger partial charge in [0.15, 0.2) is 11.6 Å². The third-order valence-corrected chi connectivity index (χ3v) is 5.34. The summed E-state index contributed by atoms with van der Waals surface area (Å²) in [6.45, 7) is 2.01. The SMILES string of the molecule is CC1C(N)CN1c1c(F)c(N)c2c(=O)c(C(=O)O)cn(C3CC3)c2c1F. The maximum absolute atomic E-state index is 15.4. The van der Waals surface area contributed by atoms with Crippen LogP contribution in [0.1, 0.15) is 36.2 Å². The molecule has 2 heterocycles. The second kappa shape index (κ2) is 5.41. The Hall–Kier alpha value is -2.68. The van der Waals surface area contributed by atoms with Crippen LogP contribution in [0.15, 0.2) is 11.0 Å². The molecule has 0 spiro atoms. The molecule has 4 rings (SSSR count). The van der Waals surface area contributed by atoms with E-state index in [4.69, 9.17) is 11.5 Å². The number of benzene rings is 1. The Morgan fingerprint density at radius 2 is 1.96 bits per heavy atom. The van der Waals surface area contributed by atoms with Crippen LogP contribution in [0.3, 0.4) is 0 Å². The van der Waals surface area contributed by atoms with Crippen LogP contribution in [-0.4, -0.2) is 34.3 Å². The molecule has 1 saturated heterocycles. The highest BCUT2D eigenvalue weighted by molar-refractivity contribution is 6.00. The van der Waals surface area contributed by atoms with Crippen molar-refractivity contribution in [3.05, 3.63) is 33.6 Å². The fourth-order valence-corrected chi connectivity index (χ4v) is 3.53. The number of carbonyl (C=O) groups is 1. The predicted molar refractivity (Wildman–Crippen MR) is 92.6 cm³/mol. The van der Waals surface area contributed by atoms with Crippen molar-refractivity contribution in [1.29, 1.82) is 0 Å². The number of hydrogen-bond donors (Lipinski definition) is 3. The van der Waals surface area contributed by atoms with Crippen LogP contribution in [0.4, 0.5) is 20.2 Å². The van der Waals surface area contributed by atoms with E-state index in [1.54, 1.807) is 6.92 Å². The minimum Gasteiger partial charge on any atom is -0.477 e. The van der Waals surface area contributed by atoms with E-state index in [1.165, 1.54) is 9.47 Å². The topological polar surface area (TPSA) is 115 Å². The van der Waals surface area contributed by atoms with Gasteiger partial charge < -0.3 is 26.0 Å². The predicted octanol–water partition coefficient (Wildman–Crippen LogP) is 1.43. The van der Waals surface area contributed by atoms with E-state index >= 15 is 4.39 Å². The number of carboxylic acids is 1. The molecular weight excluding hydrogens is 346 g/mol. The van der Waals surface area contributed by atoms with Crippen molar-refractivity contribution in [2.24, 2.45) is 5.73 Å². The Bertz CT molecular complexity index is 1020. The molecule has 26 heavy (non-hydrogen) atoms.